The highest BCUT2D eigenvalue weighted by Crippen LogP contribution is 2.38. The summed E-state index contributed by atoms with van der Waals surface area (Å²) >= 11 is 0. The third kappa shape index (κ3) is 5.97. The fourth-order valence-corrected chi connectivity index (χ4v) is 3.35. The predicted octanol–water partition coefficient (Wildman–Crippen LogP) is 4.13. The molecule has 2 rings (SSSR count). The number of nitrogens with zero attached hydrogens (tertiary/aromatic N) is 1. The smallest absolute Gasteiger partial charge is 0.410 e. The maximum atomic E-state index is 12.9. The van der Waals surface area contributed by atoms with Crippen LogP contribution in [0.25, 0.3) is 0 Å². The van der Waals surface area contributed by atoms with Crippen LogP contribution in [0.15, 0.2) is 30.9 Å². The van der Waals surface area contributed by atoms with E-state index in [0.29, 0.717) is 37.3 Å². The van der Waals surface area contributed by atoms with Gasteiger partial charge in [0.05, 0.1) is 38.5 Å². The van der Waals surface area contributed by atoms with Crippen molar-refractivity contribution in [3.8, 4) is 5.75 Å². The number of esters is 1. The Labute approximate surface area is 172 Å². The van der Waals surface area contributed by atoms with Gasteiger partial charge in [-0.2, -0.15) is 0 Å². The van der Waals surface area contributed by atoms with Crippen molar-refractivity contribution >= 4 is 12.1 Å². The number of piperidine rings is 1. The molecule has 0 spiro atoms. The van der Waals surface area contributed by atoms with E-state index in [-0.39, 0.29) is 18.2 Å². The molecule has 7 nitrogen and oxygen atoms in total. The van der Waals surface area contributed by atoms with E-state index in [2.05, 4.69) is 6.58 Å². The second-order valence-electron chi connectivity index (χ2n) is 7.91. The molecule has 1 heterocycles. The van der Waals surface area contributed by atoms with E-state index < -0.39 is 11.6 Å². The van der Waals surface area contributed by atoms with Gasteiger partial charge in [-0.05, 0) is 45.7 Å². The third-order valence-electron chi connectivity index (χ3n) is 4.65. The van der Waals surface area contributed by atoms with Crippen LogP contribution in [0.1, 0.15) is 55.6 Å². The molecular formula is C22H31NO6. The van der Waals surface area contributed by atoms with Gasteiger partial charge in [0.25, 0.3) is 0 Å². The fraction of sp³-hybridized carbons (Fsp3) is 0.545. The van der Waals surface area contributed by atoms with Gasteiger partial charge in [-0.25, -0.2) is 9.59 Å². The summed E-state index contributed by atoms with van der Waals surface area (Å²) in [4.78, 5) is 26.5. The van der Waals surface area contributed by atoms with Crippen LogP contribution in [0, 0.1) is 0 Å². The van der Waals surface area contributed by atoms with Crippen LogP contribution in [0.4, 0.5) is 4.79 Å². The summed E-state index contributed by atoms with van der Waals surface area (Å²) in [6.07, 6.45) is 2.58. The molecule has 1 aliphatic rings. The first-order valence-electron chi connectivity index (χ1n) is 9.68. The highest BCUT2D eigenvalue weighted by molar-refractivity contribution is 5.90. The van der Waals surface area contributed by atoms with E-state index in [4.69, 9.17) is 18.9 Å². The van der Waals surface area contributed by atoms with Crippen LogP contribution >= 0.6 is 0 Å². The van der Waals surface area contributed by atoms with Crippen LogP contribution in [0.3, 0.4) is 0 Å². The first kappa shape index (κ1) is 22.7. The van der Waals surface area contributed by atoms with Crippen LogP contribution in [-0.4, -0.2) is 56.0 Å². The molecule has 1 amide bonds. The molecule has 0 bridgehead atoms. The first-order valence-corrected chi connectivity index (χ1v) is 9.68. The van der Waals surface area contributed by atoms with Crippen molar-refractivity contribution in [1.29, 1.82) is 0 Å². The van der Waals surface area contributed by atoms with Crippen molar-refractivity contribution in [2.45, 2.75) is 51.4 Å². The lowest BCUT2D eigenvalue weighted by Gasteiger charge is -2.40. The van der Waals surface area contributed by atoms with Gasteiger partial charge in [-0.15, -0.1) is 6.58 Å². The number of methoxy groups -OCH3 is 2. The quantitative estimate of drug-likeness (QED) is 0.523. The van der Waals surface area contributed by atoms with Gasteiger partial charge in [-0.3, -0.25) is 0 Å². The molecule has 0 radical (unpaired) electrons. The Kier molecular flexibility index (Phi) is 7.67. The number of hydrogen-bond donors (Lipinski definition) is 0. The highest BCUT2D eigenvalue weighted by Gasteiger charge is 2.37. The Bertz CT molecular complexity index is 739. The molecule has 1 fully saturated rings. The van der Waals surface area contributed by atoms with E-state index in [1.54, 1.807) is 29.2 Å². The van der Waals surface area contributed by atoms with Crippen molar-refractivity contribution in [2.24, 2.45) is 0 Å². The lowest BCUT2D eigenvalue weighted by Crippen LogP contribution is -2.45. The zero-order valence-corrected chi connectivity index (χ0v) is 17.9. The molecule has 1 saturated heterocycles. The van der Waals surface area contributed by atoms with Gasteiger partial charge in [0, 0.05) is 12.1 Å². The monoisotopic (exact) mass is 405 g/mol. The second kappa shape index (κ2) is 9.78. The normalized spacial score (nSPS) is 19.4. The lowest BCUT2D eigenvalue weighted by atomic mass is 9.92. The number of benzene rings is 1. The van der Waals surface area contributed by atoms with E-state index in [9.17, 15) is 9.59 Å². The minimum Gasteiger partial charge on any atom is -0.496 e. The van der Waals surface area contributed by atoms with Gasteiger partial charge in [0.2, 0.25) is 0 Å². The van der Waals surface area contributed by atoms with Gasteiger partial charge < -0.3 is 23.8 Å². The molecule has 0 aromatic heterocycles. The van der Waals surface area contributed by atoms with Crippen molar-refractivity contribution in [3.05, 3.63) is 42.0 Å². The van der Waals surface area contributed by atoms with E-state index in [1.165, 1.54) is 14.2 Å². The molecule has 2 atom stereocenters. The number of likely N-dealkylation sites (tertiary alicyclic amines) is 1. The Balaban J connectivity index is 2.38. The summed E-state index contributed by atoms with van der Waals surface area (Å²) in [5.74, 6) is 0.0607. The number of carbonyl (C=O) groups is 2. The van der Waals surface area contributed by atoms with Crippen molar-refractivity contribution in [1.82, 2.24) is 4.90 Å². The van der Waals surface area contributed by atoms with Crippen LogP contribution in [-0.2, 0) is 14.2 Å². The summed E-state index contributed by atoms with van der Waals surface area (Å²) in [6.45, 7) is 10.1. The number of amides is 1. The minimum absolute atomic E-state index is 0.0262. The Morgan fingerprint density at radius 3 is 2.59 bits per heavy atom. The molecule has 29 heavy (non-hydrogen) atoms. The number of hydrogen-bond acceptors (Lipinski definition) is 6. The standard InChI is InChI=1S/C22H31NO6/c1-7-12-28-16-10-11-23(21(25)29-22(2,3)4)18(14-16)17-9-8-15(20(24)27-6)13-19(17)26-5/h7-9,13,16,18H,1,10-12,14H2,2-6H3/t16-,18-/m0/s1. The van der Waals surface area contributed by atoms with Crippen LogP contribution < -0.4 is 4.74 Å². The molecule has 0 N–H and O–H groups in total. The molecule has 0 unspecified atom stereocenters. The minimum atomic E-state index is -0.601. The van der Waals surface area contributed by atoms with Gasteiger partial charge in [0.1, 0.15) is 11.4 Å². The molecular weight excluding hydrogens is 374 g/mol. The Morgan fingerprint density at radius 2 is 2.00 bits per heavy atom. The maximum Gasteiger partial charge on any atom is 0.410 e. The van der Waals surface area contributed by atoms with Crippen molar-refractivity contribution in [3.63, 3.8) is 0 Å². The molecule has 160 valence electrons. The average Bonchev–Trinajstić information content (AvgIpc) is 2.69. The van der Waals surface area contributed by atoms with Crippen LogP contribution in [0.5, 0.6) is 5.75 Å². The van der Waals surface area contributed by atoms with Gasteiger partial charge in [-0.1, -0.05) is 12.1 Å². The van der Waals surface area contributed by atoms with E-state index in [1.807, 2.05) is 20.8 Å². The highest BCUT2D eigenvalue weighted by atomic mass is 16.6. The molecule has 1 aromatic rings. The van der Waals surface area contributed by atoms with E-state index >= 15 is 0 Å². The molecule has 1 aromatic carbocycles. The van der Waals surface area contributed by atoms with Crippen molar-refractivity contribution in [2.75, 3.05) is 27.4 Å². The largest absolute Gasteiger partial charge is 0.496 e. The molecule has 0 aliphatic carbocycles. The summed E-state index contributed by atoms with van der Waals surface area (Å²) in [5, 5.41) is 0. The number of rotatable bonds is 6. The fourth-order valence-electron chi connectivity index (χ4n) is 3.35. The zero-order chi connectivity index (χ0) is 21.6. The zero-order valence-electron chi connectivity index (χ0n) is 17.9. The second-order valence-corrected chi connectivity index (χ2v) is 7.91. The maximum absolute atomic E-state index is 12.9. The number of carbonyl (C=O) groups excluding carboxylic acids is 2. The van der Waals surface area contributed by atoms with Gasteiger partial charge >= 0.3 is 12.1 Å². The summed E-state index contributed by atoms with van der Waals surface area (Å²) in [7, 11) is 2.86. The molecule has 7 heteroatoms. The molecule has 1 aliphatic heterocycles. The summed E-state index contributed by atoms with van der Waals surface area (Å²) in [6, 6.07) is 4.78. The predicted molar refractivity (Wildman–Crippen MR) is 109 cm³/mol. The van der Waals surface area contributed by atoms with Crippen molar-refractivity contribution < 1.29 is 28.5 Å². The lowest BCUT2D eigenvalue weighted by molar-refractivity contribution is -0.0257. The average molecular weight is 405 g/mol. The Morgan fingerprint density at radius 1 is 1.28 bits per heavy atom. The first-order chi connectivity index (χ1) is 13.7. The Hall–Kier alpha value is -2.54. The topological polar surface area (TPSA) is 74.3 Å². The third-order valence-corrected chi connectivity index (χ3v) is 4.65. The molecule has 0 saturated carbocycles. The number of ether oxygens (including phenoxy) is 4. The van der Waals surface area contributed by atoms with Gasteiger partial charge in [0.15, 0.2) is 0 Å². The summed E-state index contributed by atoms with van der Waals surface area (Å²) < 4.78 is 21.8. The van der Waals surface area contributed by atoms with E-state index in [0.717, 1.165) is 5.56 Å². The van der Waals surface area contributed by atoms with Crippen LogP contribution in [0.2, 0.25) is 0 Å². The SMILES string of the molecule is C=CCO[C@H]1CCN(C(=O)OC(C)(C)C)[C@H](c2ccc(C(=O)OC)cc2OC)C1. The summed E-state index contributed by atoms with van der Waals surface area (Å²) in [5.41, 5.74) is 0.571.